The van der Waals surface area contributed by atoms with Crippen molar-refractivity contribution in [1.82, 2.24) is 14.8 Å². The second kappa shape index (κ2) is 14.1. The molecular formula is C31H36F2N6O4. The number of benzene rings is 2. The molecule has 2 aromatic carbocycles. The topological polar surface area (TPSA) is 116 Å². The zero-order chi connectivity index (χ0) is 31.0. The van der Waals surface area contributed by atoms with Crippen LogP contribution >= 0.6 is 0 Å². The molecule has 3 N–H and O–H groups in total. The monoisotopic (exact) mass is 594 g/mol. The van der Waals surface area contributed by atoms with Crippen LogP contribution in [0.1, 0.15) is 33.1 Å². The lowest BCUT2D eigenvalue weighted by molar-refractivity contribution is -0.131. The smallest absolute Gasteiger partial charge is 0.322 e. The van der Waals surface area contributed by atoms with Crippen LogP contribution < -0.4 is 20.7 Å². The van der Waals surface area contributed by atoms with Gasteiger partial charge in [0.25, 0.3) is 0 Å². The minimum atomic E-state index is -1.28. The van der Waals surface area contributed by atoms with Gasteiger partial charge in [-0.05, 0) is 81.4 Å². The lowest BCUT2D eigenvalue weighted by Crippen LogP contribution is -2.35. The van der Waals surface area contributed by atoms with Crippen LogP contribution in [0, 0.1) is 17.0 Å². The lowest BCUT2D eigenvalue weighted by Gasteiger charge is -2.21. The molecule has 0 saturated heterocycles. The van der Waals surface area contributed by atoms with Gasteiger partial charge >= 0.3 is 6.03 Å². The number of ether oxygens (including phenoxy) is 1. The standard InChI is InChI=1S/C31H36F2N6O4/c1-4-39(5-2)18-6-17-38(3)30(42)37-27-20-24(13-16-34-27)43-26-12-11-23(19-25(26)33)36-29(41)31(14-15-31)28(40)35-22-9-7-21(32)8-10-22/h7-13,16,19-20H,4-6,14-15,17-18H2,1-3H3,(H,35,40)(H,36,41)(H,34,37,42). The van der Waals surface area contributed by atoms with Crippen molar-refractivity contribution in [3.05, 3.63) is 72.4 Å². The Morgan fingerprint density at radius 2 is 1.53 bits per heavy atom. The van der Waals surface area contributed by atoms with E-state index in [1.807, 2.05) is 0 Å². The molecule has 1 aliphatic rings. The molecule has 0 unspecified atom stereocenters. The van der Waals surface area contributed by atoms with E-state index in [0.717, 1.165) is 32.1 Å². The highest BCUT2D eigenvalue weighted by atomic mass is 19.1. The van der Waals surface area contributed by atoms with Gasteiger partial charge in [0.05, 0.1) is 0 Å². The number of nitrogens with zero attached hydrogens (tertiary/aromatic N) is 3. The first-order valence-corrected chi connectivity index (χ1v) is 14.2. The highest BCUT2D eigenvalue weighted by molar-refractivity contribution is 6.16. The number of urea groups is 1. The molecule has 1 aliphatic carbocycles. The number of rotatable bonds is 13. The fourth-order valence-corrected chi connectivity index (χ4v) is 4.43. The molecule has 1 saturated carbocycles. The number of anilines is 3. The van der Waals surface area contributed by atoms with E-state index in [1.54, 1.807) is 11.9 Å². The van der Waals surface area contributed by atoms with Gasteiger partial charge in [-0.15, -0.1) is 0 Å². The Kier molecular flexibility index (Phi) is 10.3. The largest absolute Gasteiger partial charge is 0.454 e. The van der Waals surface area contributed by atoms with E-state index < -0.39 is 28.9 Å². The maximum atomic E-state index is 14.9. The molecule has 1 aromatic heterocycles. The van der Waals surface area contributed by atoms with Gasteiger partial charge in [0.1, 0.15) is 22.8 Å². The molecule has 0 aliphatic heterocycles. The summed E-state index contributed by atoms with van der Waals surface area (Å²) in [5.41, 5.74) is -0.755. The van der Waals surface area contributed by atoms with Crippen LogP contribution in [0.25, 0.3) is 0 Å². The van der Waals surface area contributed by atoms with Crippen molar-refractivity contribution in [3.63, 3.8) is 0 Å². The molecular weight excluding hydrogens is 558 g/mol. The van der Waals surface area contributed by atoms with Crippen LogP contribution in [0.3, 0.4) is 0 Å². The summed E-state index contributed by atoms with van der Waals surface area (Å²) in [5.74, 6) is -1.87. The summed E-state index contributed by atoms with van der Waals surface area (Å²) < 4.78 is 33.8. The molecule has 0 radical (unpaired) electrons. The number of hydrogen-bond donors (Lipinski definition) is 3. The van der Waals surface area contributed by atoms with Crippen molar-refractivity contribution < 1.29 is 27.9 Å². The number of hydrogen-bond acceptors (Lipinski definition) is 6. The molecule has 228 valence electrons. The molecule has 1 fully saturated rings. The van der Waals surface area contributed by atoms with Gasteiger partial charge in [-0.1, -0.05) is 13.8 Å². The summed E-state index contributed by atoms with van der Waals surface area (Å²) in [4.78, 5) is 46.3. The molecule has 4 rings (SSSR count). The molecule has 0 bridgehead atoms. The Labute approximate surface area is 249 Å². The molecule has 0 atom stereocenters. The Morgan fingerprint density at radius 3 is 2.16 bits per heavy atom. The second-order valence-electron chi connectivity index (χ2n) is 10.4. The summed E-state index contributed by atoms with van der Waals surface area (Å²) in [6.07, 6.45) is 2.94. The summed E-state index contributed by atoms with van der Waals surface area (Å²) >= 11 is 0. The maximum absolute atomic E-state index is 14.9. The average Bonchev–Trinajstić information content (AvgIpc) is 3.81. The van der Waals surface area contributed by atoms with E-state index >= 15 is 0 Å². The fraction of sp³-hybridized carbons (Fsp3) is 0.355. The fourth-order valence-electron chi connectivity index (χ4n) is 4.43. The van der Waals surface area contributed by atoms with Gasteiger partial charge in [-0.2, -0.15) is 0 Å². The van der Waals surface area contributed by atoms with E-state index in [2.05, 4.69) is 39.7 Å². The zero-order valence-corrected chi connectivity index (χ0v) is 24.5. The van der Waals surface area contributed by atoms with E-state index in [4.69, 9.17) is 4.74 Å². The van der Waals surface area contributed by atoms with Crippen molar-refractivity contribution >= 4 is 35.0 Å². The Balaban J connectivity index is 1.31. The highest BCUT2D eigenvalue weighted by Gasteiger charge is 2.56. The molecule has 0 spiro atoms. The third-order valence-electron chi connectivity index (χ3n) is 7.31. The normalized spacial score (nSPS) is 13.3. The molecule has 3 aromatic rings. The van der Waals surface area contributed by atoms with E-state index in [0.29, 0.717) is 25.1 Å². The maximum Gasteiger partial charge on any atom is 0.322 e. The SMILES string of the molecule is CCN(CC)CCCN(C)C(=O)Nc1cc(Oc2ccc(NC(=O)C3(C(=O)Nc4ccc(F)cc4)CC3)cc2F)ccn1. The Hall–Kier alpha value is -4.58. The predicted molar refractivity (Wildman–Crippen MR) is 160 cm³/mol. The molecule has 1 heterocycles. The minimum Gasteiger partial charge on any atom is -0.454 e. The minimum absolute atomic E-state index is 0.106. The lowest BCUT2D eigenvalue weighted by atomic mass is 10.0. The Bertz CT molecular complexity index is 1440. The van der Waals surface area contributed by atoms with E-state index in [9.17, 15) is 23.2 Å². The van der Waals surface area contributed by atoms with Crippen molar-refractivity contribution in [2.75, 3.05) is 49.2 Å². The number of carbonyl (C=O) groups excluding carboxylic acids is 3. The summed E-state index contributed by atoms with van der Waals surface area (Å²) in [5, 5.41) is 7.95. The van der Waals surface area contributed by atoms with Gasteiger partial charge < -0.3 is 25.2 Å². The van der Waals surface area contributed by atoms with Crippen molar-refractivity contribution in [1.29, 1.82) is 0 Å². The summed E-state index contributed by atoms with van der Waals surface area (Å²) in [6, 6.07) is 11.8. The van der Waals surface area contributed by atoms with Crippen molar-refractivity contribution in [2.24, 2.45) is 5.41 Å². The van der Waals surface area contributed by atoms with Crippen LogP contribution in [0.2, 0.25) is 0 Å². The second-order valence-corrected chi connectivity index (χ2v) is 10.4. The first kappa shape index (κ1) is 31.4. The van der Waals surface area contributed by atoms with Crippen LogP contribution in [-0.4, -0.2) is 65.9 Å². The van der Waals surface area contributed by atoms with E-state index in [-0.39, 0.29) is 29.0 Å². The molecule has 12 heteroatoms. The van der Waals surface area contributed by atoms with Crippen LogP contribution in [0.5, 0.6) is 11.5 Å². The zero-order valence-electron chi connectivity index (χ0n) is 24.5. The van der Waals surface area contributed by atoms with E-state index in [1.165, 1.54) is 54.7 Å². The molecule has 43 heavy (non-hydrogen) atoms. The number of pyridine rings is 1. The number of halogens is 2. The van der Waals surface area contributed by atoms with Crippen LogP contribution in [0.15, 0.2) is 60.8 Å². The predicted octanol–water partition coefficient (Wildman–Crippen LogP) is 5.71. The number of carbonyl (C=O) groups is 3. The van der Waals surface area contributed by atoms with Gasteiger partial charge in [-0.3, -0.25) is 14.9 Å². The van der Waals surface area contributed by atoms with Crippen LogP contribution in [0.4, 0.5) is 30.8 Å². The number of aromatic nitrogens is 1. The first-order chi connectivity index (χ1) is 20.6. The van der Waals surface area contributed by atoms with Gasteiger partial charge in [-0.25, -0.2) is 18.6 Å². The van der Waals surface area contributed by atoms with Gasteiger partial charge in [0.2, 0.25) is 11.8 Å². The highest BCUT2D eigenvalue weighted by Crippen LogP contribution is 2.47. The summed E-state index contributed by atoms with van der Waals surface area (Å²) in [6.45, 7) is 7.59. The third kappa shape index (κ3) is 8.25. The summed E-state index contributed by atoms with van der Waals surface area (Å²) in [7, 11) is 1.71. The average molecular weight is 595 g/mol. The van der Waals surface area contributed by atoms with Crippen molar-refractivity contribution in [3.8, 4) is 11.5 Å². The van der Waals surface area contributed by atoms with Crippen molar-refractivity contribution in [2.45, 2.75) is 33.1 Å². The molecule has 10 nitrogen and oxygen atoms in total. The quantitative estimate of drug-likeness (QED) is 0.219. The number of amides is 4. The van der Waals surface area contributed by atoms with Gasteiger partial charge in [0, 0.05) is 43.3 Å². The number of nitrogens with one attached hydrogen (secondary N) is 3. The van der Waals surface area contributed by atoms with Crippen LogP contribution in [-0.2, 0) is 9.59 Å². The Morgan fingerprint density at radius 1 is 0.884 bits per heavy atom. The first-order valence-electron chi connectivity index (χ1n) is 14.2. The molecule has 4 amide bonds. The van der Waals surface area contributed by atoms with Gasteiger partial charge in [0.15, 0.2) is 11.6 Å². The third-order valence-corrected chi connectivity index (χ3v) is 7.31.